The van der Waals surface area contributed by atoms with Crippen LogP contribution in [-0.4, -0.2) is 56.0 Å². The molecular weight excluding hydrogens is 390 g/mol. The lowest BCUT2D eigenvalue weighted by Gasteiger charge is -2.34. The van der Waals surface area contributed by atoms with Crippen molar-refractivity contribution in [2.24, 2.45) is 5.92 Å². The van der Waals surface area contributed by atoms with Crippen molar-refractivity contribution in [2.45, 2.75) is 32.7 Å². The highest BCUT2D eigenvalue weighted by molar-refractivity contribution is 6.08. The molecule has 0 bridgehead atoms. The van der Waals surface area contributed by atoms with E-state index in [1.165, 1.54) is 0 Å². The van der Waals surface area contributed by atoms with Crippen LogP contribution in [0.5, 0.6) is 5.75 Å². The average molecular weight is 424 g/mol. The maximum Gasteiger partial charge on any atom is 0.258 e. The molecular formula is C25H33N3O3. The number of methoxy groups -OCH3 is 1. The van der Waals surface area contributed by atoms with Crippen molar-refractivity contribution in [2.75, 3.05) is 38.2 Å². The van der Waals surface area contributed by atoms with Gasteiger partial charge in [-0.05, 0) is 61.7 Å². The second-order valence-corrected chi connectivity index (χ2v) is 8.34. The van der Waals surface area contributed by atoms with Gasteiger partial charge in [0.05, 0.1) is 7.11 Å². The van der Waals surface area contributed by atoms with Crippen LogP contribution in [0.1, 0.15) is 37.0 Å². The normalized spacial score (nSPS) is 14.5. The van der Waals surface area contributed by atoms with Crippen LogP contribution in [0.25, 0.3) is 0 Å². The largest absolute Gasteiger partial charge is 0.497 e. The number of nitrogens with one attached hydrogen (secondary N) is 1. The van der Waals surface area contributed by atoms with E-state index in [-0.39, 0.29) is 18.4 Å². The molecule has 6 nitrogen and oxygen atoms in total. The fourth-order valence-corrected chi connectivity index (χ4v) is 3.80. The molecule has 2 aromatic rings. The van der Waals surface area contributed by atoms with Gasteiger partial charge in [0.25, 0.3) is 5.91 Å². The molecule has 0 atom stereocenters. The number of rotatable bonds is 8. The van der Waals surface area contributed by atoms with Crippen molar-refractivity contribution >= 4 is 17.5 Å². The fourth-order valence-electron chi connectivity index (χ4n) is 3.80. The lowest BCUT2D eigenvalue weighted by atomic mass is 9.96. The van der Waals surface area contributed by atoms with Crippen LogP contribution in [0.2, 0.25) is 0 Å². The third-order valence-electron chi connectivity index (χ3n) is 5.73. The number of nitrogens with zero attached hydrogens (tertiary/aromatic N) is 2. The predicted octanol–water partition coefficient (Wildman–Crippen LogP) is 3.58. The molecule has 6 heteroatoms. The van der Waals surface area contributed by atoms with Crippen LogP contribution in [0.15, 0.2) is 54.6 Å². The van der Waals surface area contributed by atoms with E-state index in [2.05, 4.69) is 19.2 Å². The molecule has 1 fully saturated rings. The van der Waals surface area contributed by atoms with E-state index in [9.17, 15) is 9.59 Å². The summed E-state index contributed by atoms with van der Waals surface area (Å²) in [5.74, 6) is 1.07. The number of para-hydroxylation sites is 1. The molecule has 3 rings (SSSR count). The minimum atomic E-state index is -0.196. The number of ether oxygens (including phenoxy) is 1. The van der Waals surface area contributed by atoms with Crippen LogP contribution in [0.3, 0.4) is 0 Å². The minimum Gasteiger partial charge on any atom is -0.497 e. The van der Waals surface area contributed by atoms with Gasteiger partial charge in [-0.2, -0.15) is 0 Å². The van der Waals surface area contributed by atoms with Gasteiger partial charge in [-0.3, -0.25) is 14.5 Å². The Morgan fingerprint density at radius 3 is 2.29 bits per heavy atom. The number of piperidine rings is 1. The summed E-state index contributed by atoms with van der Waals surface area (Å²) in [5, 5.41) is 3.49. The number of likely N-dealkylation sites (tertiary alicyclic amines) is 1. The van der Waals surface area contributed by atoms with E-state index >= 15 is 0 Å². The fraction of sp³-hybridized carbons (Fsp3) is 0.440. The molecule has 0 spiro atoms. The molecule has 2 aromatic carbocycles. The number of amides is 2. The van der Waals surface area contributed by atoms with E-state index in [0.29, 0.717) is 29.0 Å². The highest BCUT2D eigenvalue weighted by Gasteiger charge is 2.27. The third-order valence-corrected chi connectivity index (χ3v) is 5.73. The summed E-state index contributed by atoms with van der Waals surface area (Å²) < 4.78 is 5.19. The maximum atomic E-state index is 13.3. The smallest absolute Gasteiger partial charge is 0.258 e. The Morgan fingerprint density at radius 2 is 1.71 bits per heavy atom. The number of anilines is 1. The quantitative estimate of drug-likeness (QED) is 0.705. The number of hydrogen-bond acceptors (Lipinski definition) is 4. The Bertz CT molecular complexity index is 844. The Kier molecular flexibility index (Phi) is 8.06. The van der Waals surface area contributed by atoms with Gasteiger partial charge in [-0.1, -0.05) is 32.0 Å². The van der Waals surface area contributed by atoms with E-state index in [4.69, 9.17) is 4.74 Å². The predicted molar refractivity (Wildman–Crippen MR) is 124 cm³/mol. The number of hydrogen-bond donors (Lipinski definition) is 1. The molecule has 0 aromatic heterocycles. The Labute approximate surface area is 185 Å². The molecule has 1 aliphatic rings. The molecule has 0 aliphatic carbocycles. The van der Waals surface area contributed by atoms with Crippen LogP contribution < -0.4 is 15.0 Å². The molecule has 1 aliphatic heterocycles. The van der Waals surface area contributed by atoms with Gasteiger partial charge >= 0.3 is 0 Å². The summed E-state index contributed by atoms with van der Waals surface area (Å²) in [5.41, 5.74) is 1.24. The molecule has 166 valence electrons. The van der Waals surface area contributed by atoms with E-state index in [1.54, 1.807) is 36.3 Å². The van der Waals surface area contributed by atoms with E-state index < -0.39 is 0 Å². The first-order valence-electron chi connectivity index (χ1n) is 11.0. The molecule has 1 N–H and O–H groups in total. The van der Waals surface area contributed by atoms with Gasteiger partial charge in [0.1, 0.15) is 12.3 Å². The van der Waals surface area contributed by atoms with Crippen molar-refractivity contribution in [3.8, 4) is 5.75 Å². The van der Waals surface area contributed by atoms with Gasteiger partial charge < -0.3 is 15.0 Å². The highest BCUT2D eigenvalue weighted by atomic mass is 16.5. The molecule has 1 heterocycles. The third kappa shape index (κ3) is 6.31. The Balaban J connectivity index is 1.68. The van der Waals surface area contributed by atoms with Crippen LogP contribution in [0.4, 0.5) is 5.69 Å². The lowest BCUT2D eigenvalue weighted by molar-refractivity contribution is -0.131. The van der Waals surface area contributed by atoms with Crippen molar-refractivity contribution in [1.82, 2.24) is 10.2 Å². The number of benzene rings is 2. The summed E-state index contributed by atoms with van der Waals surface area (Å²) in [6.07, 6.45) is 1.98. The van der Waals surface area contributed by atoms with E-state index in [1.807, 2.05) is 35.2 Å². The summed E-state index contributed by atoms with van der Waals surface area (Å²) >= 11 is 0. The first kappa shape index (κ1) is 22.8. The van der Waals surface area contributed by atoms with Crippen LogP contribution >= 0.6 is 0 Å². The first-order chi connectivity index (χ1) is 15.0. The number of carbonyl (C=O) groups is 2. The first-order valence-corrected chi connectivity index (χ1v) is 11.0. The summed E-state index contributed by atoms with van der Waals surface area (Å²) in [4.78, 5) is 29.8. The van der Waals surface area contributed by atoms with Gasteiger partial charge in [-0.25, -0.2) is 0 Å². The SMILES string of the molecule is COc1ccc(C(=O)N(CC(=O)N2CCC(CNC(C)C)CC2)c2ccccc2)cc1. The van der Waals surface area contributed by atoms with E-state index in [0.717, 1.165) is 32.5 Å². The topological polar surface area (TPSA) is 61.9 Å². The van der Waals surface area contributed by atoms with Crippen LogP contribution in [-0.2, 0) is 4.79 Å². The zero-order valence-corrected chi connectivity index (χ0v) is 18.7. The highest BCUT2D eigenvalue weighted by Crippen LogP contribution is 2.21. The molecule has 0 saturated carbocycles. The Morgan fingerprint density at radius 1 is 1.06 bits per heavy atom. The standard InChI is InChI=1S/C25H33N3O3/c1-19(2)26-17-20-13-15-27(16-14-20)24(29)18-28(22-7-5-4-6-8-22)25(30)21-9-11-23(31-3)12-10-21/h4-12,19-20,26H,13-18H2,1-3H3. The zero-order valence-electron chi connectivity index (χ0n) is 18.7. The van der Waals surface area contributed by atoms with Crippen molar-refractivity contribution in [3.05, 3.63) is 60.2 Å². The van der Waals surface area contributed by atoms with Gasteiger partial charge in [0.15, 0.2) is 0 Å². The van der Waals surface area contributed by atoms with Gasteiger partial charge in [0.2, 0.25) is 5.91 Å². The molecule has 0 unspecified atom stereocenters. The van der Waals surface area contributed by atoms with Crippen molar-refractivity contribution in [3.63, 3.8) is 0 Å². The van der Waals surface area contributed by atoms with Crippen LogP contribution in [0, 0.1) is 5.92 Å². The lowest BCUT2D eigenvalue weighted by Crippen LogP contribution is -2.47. The molecule has 31 heavy (non-hydrogen) atoms. The van der Waals surface area contributed by atoms with Gasteiger partial charge in [0, 0.05) is 30.4 Å². The summed E-state index contributed by atoms with van der Waals surface area (Å²) in [6.45, 7) is 6.80. The summed E-state index contributed by atoms with van der Waals surface area (Å²) in [6, 6.07) is 16.8. The summed E-state index contributed by atoms with van der Waals surface area (Å²) in [7, 11) is 1.59. The Hall–Kier alpha value is -2.86. The molecule has 0 radical (unpaired) electrons. The average Bonchev–Trinajstić information content (AvgIpc) is 2.81. The monoisotopic (exact) mass is 423 g/mol. The molecule has 2 amide bonds. The maximum absolute atomic E-state index is 13.3. The second kappa shape index (κ2) is 11.0. The van der Waals surface area contributed by atoms with Crippen molar-refractivity contribution in [1.29, 1.82) is 0 Å². The van der Waals surface area contributed by atoms with Crippen molar-refractivity contribution < 1.29 is 14.3 Å². The molecule has 1 saturated heterocycles. The zero-order chi connectivity index (χ0) is 22.2. The van der Waals surface area contributed by atoms with Gasteiger partial charge in [-0.15, -0.1) is 0 Å². The minimum absolute atomic E-state index is 0.0130. The second-order valence-electron chi connectivity index (χ2n) is 8.34. The number of carbonyl (C=O) groups excluding carboxylic acids is 2.